The molecule has 1 heterocycles. The van der Waals surface area contributed by atoms with Crippen LogP contribution in [-0.2, 0) is 0 Å². The number of nitrogens with one attached hydrogen (secondary N) is 1. The van der Waals surface area contributed by atoms with Gasteiger partial charge in [0.25, 0.3) is 0 Å². The highest BCUT2D eigenvalue weighted by Gasteiger charge is 1.93. The van der Waals surface area contributed by atoms with E-state index in [2.05, 4.69) is 4.98 Å². The van der Waals surface area contributed by atoms with Gasteiger partial charge in [-0.05, 0) is 31.2 Å². The van der Waals surface area contributed by atoms with Gasteiger partial charge in [0.05, 0.1) is 0 Å². The fraction of sp³-hybridized carbons (Fsp3) is 0.0833. The Morgan fingerprint density at radius 2 is 1.80 bits per heavy atom. The number of aryl methyl sites for hydroxylation is 1. The molecule has 0 saturated carbocycles. The maximum atomic E-state index is 10.4. The monoisotopic (exact) mass is 202 g/mol. The quantitative estimate of drug-likeness (QED) is 0.731. The van der Waals surface area contributed by atoms with Crippen LogP contribution in [0, 0.1) is 6.92 Å². The van der Waals surface area contributed by atoms with Crippen LogP contribution in [0.1, 0.15) is 16.1 Å². The van der Waals surface area contributed by atoms with E-state index < -0.39 is 0 Å². The lowest BCUT2D eigenvalue weighted by Crippen LogP contribution is -2.09. The van der Waals surface area contributed by atoms with Gasteiger partial charge in [0.1, 0.15) is 0 Å². The number of carbonyl (C=O) groups is 1. The molecule has 78 valence electrons. The minimum atomic E-state index is -0.379. The summed E-state index contributed by atoms with van der Waals surface area (Å²) in [7, 11) is 0. The molecule has 1 amide bonds. The summed E-state index contributed by atoms with van der Waals surface area (Å²) in [5.41, 5.74) is 6.75. The standard InChI is InChI=1S/C7H7NO.C5H7N/c8-7(9)6-4-2-1-3-5-6;1-5-3-2-4-6-5/h1-5H,(H2,8,9);2-4,6H,1H3. The van der Waals surface area contributed by atoms with Crippen LogP contribution >= 0.6 is 0 Å². The first-order chi connectivity index (χ1) is 7.20. The maximum absolute atomic E-state index is 10.4. The lowest BCUT2D eigenvalue weighted by atomic mass is 10.2. The number of rotatable bonds is 1. The van der Waals surface area contributed by atoms with Crippen molar-refractivity contribution in [1.82, 2.24) is 4.98 Å². The van der Waals surface area contributed by atoms with Crippen LogP contribution in [0.2, 0.25) is 0 Å². The van der Waals surface area contributed by atoms with Crippen molar-refractivity contribution >= 4 is 5.91 Å². The fourth-order valence-corrected chi connectivity index (χ4v) is 1.02. The van der Waals surface area contributed by atoms with Gasteiger partial charge >= 0.3 is 0 Å². The second-order valence-corrected chi connectivity index (χ2v) is 3.08. The van der Waals surface area contributed by atoms with Gasteiger partial charge in [-0.15, -0.1) is 0 Å². The average Bonchev–Trinajstić information content (AvgIpc) is 2.71. The van der Waals surface area contributed by atoms with Crippen molar-refractivity contribution in [2.45, 2.75) is 6.92 Å². The van der Waals surface area contributed by atoms with Gasteiger partial charge in [-0.1, -0.05) is 18.2 Å². The zero-order chi connectivity index (χ0) is 11.1. The molecule has 0 saturated heterocycles. The Balaban J connectivity index is 0.000000162. The number of hydrogen-bond acceptors (Lipinski definition) is 1. The number of primary amides is 1. The molecule has 2 rings (SSSR count). The number of amides is 1. The van der Waals surface area contributed by atoms with E-state index in [1.165, 1.54) is 5.69 Å². The van der Waals surface area contributed by atoms with Crippen molar-refractivity contribution in [2.75, 3.05) is 0 Å². The summed E-state index contributed by atoms with van der Waals surface area (Å²) in [5.74, 6) is -0.379. The molecule has 2 aromatic rings. The van der Waals surface area contributed by atoms with E-state index in [0.29, 0.717) is 5.56 Å². The molecule has 0 atom stereocenters. The van der Waals surface area contributed by atoms with E-state index in [1.807, 2.05) is 31.3 Å². The lowest BCUT2D eigenvalue weighted by Gasteiger charge is -1.89. The molecule has 1 aromatic carbocycles. The number of aromatic amines is 1. The first-order valence-electron chi connectivity index (χ1n) is 4.65. The molecule has 15 heavy (non-hydrogen) atoms. The van der Waals surface area contributed by atoms with Gasteiger partial charge in [-0.3, -0.25) is 4.79 Å². The molecule has 3 nitrogen and oxygen atoms in total. The first-order valence-corrected chi connectivity index (χ1v) is 4.65. The molecule has 0 fully saturated rings. The third kappa shape index (κ3) is 4.13. The Hall–Kier alpha value is -2.03. The van der Waals surface area contributed by atoms with Gasteiger partial charge < -0.3 is 10.7 Å². The summed E-state index contributed by atoms with van der Waals surface area (Å²) in [6.07, 6.45) is 1.91. The number of carbonyl (C=O) groups excluding carboxylic acids is 1. The second kappa shape index (κ2) is 5.65. The van der Waals surface area contributed by atoms with E-state index in [0.717, 1.165) is 0 Å². The largest absolute Gasteiger partial charge is 0.366 e. The maximum Gasteiger partial charge on any atom is 0.248 e. The number of nitrogens with two attached hydrogens (primary N) is 1. The molecule has 0 aliphatic rings. The molecule has 0 unspecified atom stereocenters. The summed E-state index contributed by atoms with van der Waals surface area (Å²) in [5, 5.41) is 0. The number of aromatic nitrogens is 1. The normalized spacial score (nSPS) is 8.87. The molecule has 3 N–H and O–H groups in total. The van der Waals surface area contributed by atoms with Crippen LogP contribution in [-0.4, -0.2) is 10.9 Å². The zero-order valence-corrected chi connectivity index (χ0v) is 8.60. The van der Waals surface area contributed by atoms with Crippen molar-refractivity contribution in [2.24, 2.45) is 5.73 Å². The highest BCUT2D eigenvalue weighted by molar-refractivity contribution is 5.92. The van der Waals surface area contributed by atoms with Crippen molar-refractivity contribution in [3.05, 3.63) is 59.9 Å². The van der Waals surface area contributed by atoms with Crippen molar-refractivity contribution < 1.29 is 4.79 Å². The summed E-state index contributed by atoms with van der Waals surface area (Å²) >= 11 is 0. The van der Waals surface area contributed by atoms with Crippen molar-refractivity contribution in [1.29, 1.82) is 0 Å². The van der Waals surface area contributed by atoms with Crippen LogP contribution in [0.5, 0.6) is 0 Å². The van der Waals surface area contributed by atoms with Crippen LogP contribution in [0.15, 0.2) is 48.7 Å². The minimum Gasteiger partial charge on any atom is -0.366 e. The third-order valence-electron chi connectivity index (χ3n) is 1.81. The van der Waals surface area contributed by atoms with Crippen LogP contribution < -0.4 is 5.73 Å². The first kappa shape index (κ1) is 11.0. The van der Waals surface area contributed by atoms with Gasteiger partial charge in [0.15, 0.2) is 0 Å². The molecule has 0 bridgehead atoms. The molecule has 3 heteroatoms. The van der Waals surface area contributed by atoms with Crippen LogP contribution in [0.4, 0.5) is 0 Å². The van der Waals surface area contributed by atoms with Gasteiger partial charge in [-0.2, -0.15) is 0 Å². The van der Waals surface area contributed by atoms with E-state index in [9.17, 15) is 4.79 Å². The Morgan fingerprint density at radius 3 is 2.07 bits per heavy atom. The Labute approximate surface area is 88.9 Å². The van der Waals surface area contributed by atoms with E-state index >= 15 is 0 Å². The number of H-pyrrole nitrogens is 1. The lowest BCUT2D eigenvalue weighted by molar-refractivity contribution is 0.100. The molecule has 0 aliphatic carbocycles. The SMILES string of the molecule is Cc1ccc[nH]1.NC(=O)c1ccccc1. The fourth-order valence-electron chi connectivity index (χ4n) is 1.02. The molecule has 1 aromatic heterocycles. The smallest absolute Gasteiger partial charge is 0.248 e. The topological polar surface area (TPSA) is 58.9 Å². The molecule has 0 aliphatic heterocycles. The highest BCUT2D eigenvalue weighted by Crippen LogP contribution is 1.94. The van der Waals surface area contributed by atoms with Crippen LogP contribution in [0.25, 0.3) is 0 Å². The van der Waals surface area contributed by atoms with E-state index in [1.54, 1.807) is 24.3 Å². The molecular formula is C12H14N2O. The summed E-state index contributed by atoms with van der Waals surface area (Å²) < 4.78 is 0. The summed E-state index contributed by atoms with van der Waals surface area (Å²) in [6, 6.07) is 12.8. The van der Waals surface area contributed by atoms with Gasteiger partial charge in [0.2, 0.25) is 5.91 Å². The molecular weight excluding hydrogens is 188 g/mol. The predicted molar refractivity (Wildman–Crippen MR) is 60.5 cm³/mol. The number of benzene rings is 1. The van der Waals surface area contributed by atoms with Crippen LogP contribution in [0.3, 0.4) is 0 Å². The Morgan fingerprint density at radius 1 is 1.13 bits per heavy atom. The minimum absolute atomic E-state index is 0.379. The predicted octanol–water partition coefficient (Wildman–Crippen LogP) is 2.11. The zero-order valence-electron chi connectivity index (χ0n) is 8.60. The second-order valence-electron chi connectivity index (χ2n) is 3.08. The van der Waals surface area contributed by atoms with Gasteiger partial charge in [-0.25, -0.2) is 0 Å². The molecule has 0 radical (unpaired) electrons. The Bertz CT molecular complexity index is 393. The number of hydrogen-bond donors (Lipinski definition) is 2. The van der Waals surface area contributed by atoms with E-state index in [-0.39, 0.29) is 5.91 Å². The average molecular weight is 202 g/mol. The highest BCUT2D eigenvalue weighted by atomic mass is 16.1. The van der Waals surface area contributed by atoms with E-state index in [4.69, 9.17) is 5.73 Å². The van der Waals surface area contributed by atoms with Gasteiger partial charge in [0, 0.05) is 17.5 Å². The Kier molecular flexibility index (Phi) is 4.16. The van der Waals surface area contributed by atoms with Crippen molar-refractivity contribution in [3.8, 4) is 0 Å². The molecule has 0 spiro atoms. The van der Waals surface area contributed by atoms with Crippen molar-refractivity contribution in [3.63, 3.8) is 0 Å². The summed E-state index contributed by atoms with van der Waals surface area (Å²) in [4.78, 5) is 13.4. The third-order valence-corrected chi connectivity index (χ3v) is 1.81. The summed E-state index contributed by atoms with van der Waals surface area (Å²) in [6.45, 7) is 2.03.